The molecule has 8 heteroatoms. The van der Waals surface area contributed by atoms with E-state index in [2.05, 4.69) is 4.72 Å². The molecule has 0 aliphatic carbocycles. The maximum absolute atomic E-state index is 11.8. The van der Waals surface area contributed by atoms with Crippen molar-refractivity contribution in [2.24, 2.45) is 0 Å². The van der Waals surface area contributed by atoms with Crippen molar-refractivity contribution in [3.05, 3.63) is 0 Å². The molecule has 0 heterocycles. The fourth-order valence-electron chi connectivity index (χ4n) is 1.17. The molecule has 0 aromatic rings. The average molecular weight is 268 g/mol. The van der Waals surface area contributed by atoms with Crippen LogP contribution in [-0.2, 0) is 19.7 Å². The van der Waals surface area contributed by atoms with Gasteiger partial charge in [0, 0.05) is 19.7 Å². The molecule has 0 saturated carbocycles. The number of ether oxygens (including phenoxy) is 1. The molecule has 0 rings (SSSR count). The van der Waals surface area contributed by atoms with Gasteiger partial charge in [-0.2, -0.15) is 17.4 Å². The number of methoxy groups -OCH3 is 1. The van der Waals surface area contributed by atoms with Crippen molar-refractivity contribution in [1.82, 2.24) is 9.03 Å². The summed E-state index contributed by atoms with van der Waals surface area (Å²) in [6.45, 7) is 3.27. The fourth-order valence-corrected chi connectivity index (χ4v) is 2.58. The highest BCUT2D eigenvalue weighted by Crippen LogP contribution is 2.08. The number of nitrogens with one attached hydrogen (secondary N) is 1. The smallest absolute Gasteiger partial charge is 0.318 e. The molecule has 0 amide bonds. The number of hydrogen-bond donors (Lipinski definition) is 2. The minimum absolute atomic E-state index is 0.116. The van der Waals surface area contributed by atoms with E-state index >= 15 is 0 Å². The fraction of sp³-hybridized carbons (Fsp3) is 0.889. The predicted octanol–water partition coefficient (Wildman–Crippen LogP) is -0.348. The van der Waals surface area contributed by atoms with E-state index < -0.39 is 22.7 Å². The number of carboxylic acids is 1. The van der Waals surface area contributed by atoms with E-state index in [0.29, 0.717) is 6.42 Å². The van der Waals surface area contributed by atoms with E-state index in [4.69, 9.17) is 9.84 Å². The third-order valence-electron chi connectivity index (χ3n) is 2.27. The summed E-state index contributed by atoms with van der Waals surface area (Å²) in [6.07, 6.45) is 0.540. The quantitative estimate of drug-likeness (QED) is 0.557. The Labute approximate surface area is 102 Å². The Hall–Kier alpha value is -0.700. The van der Waals surface area contributed by atoms with E-state index in [-0.39, 0.29) is 19.2 Å². The van der Waals surface area contributed by atoms with Gasteiger partial charge in [-0.15, -0.1) is 0 Å². The minimum Gasteiger partial charge on any atom is -0.480 e. The minimum atomic E-state index is -3.78. The molecule has 0 spiro atoms. The van der Waals surface area contributed by atoms with Gasteiger partial charge < -0.3 is 9.84 Å². The molecule has 0 aliphatic heterocycles. The maximum Gasteiger partial charge on any atom is 0.318 e. The summed E-state index contributed by atoms with van der Waals surface area (Å²) in [7, 11) is -2.32. The third kappa shape index (κ3) is 5.97. The topological polar surface area (TPSA) is 95.9 Å². The first-order valence-electron chi connectivity index (χ1n) is 5.32. The molecule has 17 heavy (non-hydrogen) atoms. The van der Waals surface area contributed by atoms with Gasteiger partial charge in [-0.3, -0.25) is 4.79 Å². The van der Waals surface area contributed by atoms with Gasteiger partial charge in [0.05, 0.1) is 6.61 Å². The van der Waals surface area contributed by atoms with Gasteiger partial charge in [-0.1, -0.05) is 6.92 Å². The second-order valence-corrected chi connectivity index (χ2v) is 5.30. The van der Waals surface area contributed by atoms with Crippen molar-refractivity contribution >= 4 is 16.2 Å². The van der Waals surface area contributed by atoms with Crippen LogP contribution < -0.4 is 4.72 Å². The zero-order valence-corrected chi connectivity index (χ0v) is 11.2. The van der Waals surface area contributed by atoms with Crippen molar-refractivity contribution in [2.45, 2.75) is 26.3 Å². The highest BCUT2D eigenvalue weighted by atomic mass is 32.2. The van der Waals surface area contributed by atoms with E-state index in [1.807, 2.05) is 0 Å². The van der Waals surface area contributed by atoms with Gasteiger partial charge in [0.25, 0.3) is 10.2 Å². The highest BCUT2D eigenvalue weighted by molar-refractivity contribution is 7.87. The second kappa shape index (κ2) is 7.59. The van der Waals surface area contributed by atoms with E-state index in [9.17, 15) is 13.2 Å². The summed E-state index contributed by atoms with van der Waals surface area (Å²) in [4.78, 5) is 10.6. The molecule has 1 unspecified atom stereocenters. The van der Waals surface area contributed by atoms with Crippen molar-refractivity contribution < 1.29 is 23.1 Å². The van der Waals surface area contributed by atoms with Crippen LogP contribution in [0.3, 0.4) is 0 Å². The Kier molecular flexibility index (Phi) is 7.28. The lowest BCUT2D eigenvalue weighted by Crippen LogP contribution is -2.48. The summed E-state index contributed by atoms with van der Waals surface area (Å²) >= 11 is 0. The molecule has 0 fully saturated rings. The summed E-state index contributed by atoms with van der Waals surface area (Å²) in [5.41, 5.74) is 0. The van der Waals surface area contributed by atoms with E-state index in [0.717, 1.165) is 4.31 Å². The number of rotatable bonds is 9. The van der Waals surface area contributed by atoms with Crippen LogP contribution in [-0.4, -0.2) is 56.6 Å². The zero-order chi connectivity index (χ0) is 13.5. The molecule has 1 atom stereocenters. The number of carboxylic acid groups (broad SMARTS) is 1. The largest absolute Gasteiger partial charge is 0.480 e. The summed E-state index contributed by atoms with van der Waals surface area (Å²) in [5.74, 6) is -1.18. The number of aliphatic carboxylic acids is 1. The summed E-state index contributed by atoms with van der Waals surface area (Å²) in [6, 6.07) is -0.369. The third-order valence-corrected chi connectivity index (χ3v) is 3.95. The molecule has 0 saturated heterocycles. The molecular weight excluding hydrogens is 248 g/mol. The first-order chi connectivity index (χ1) is 7.85. The summed E-state index contributed by atoms with van der Waals surface area (Å²) < 4.78 is 31.6. The lowest BCUT2D eigenvalue weighted by molar-refractivity contribution is -0.137. The normalized spacial score (nSPS) is 13.9. The Bertz CT molecular complexity index is 330. The van der Waals surface area contributed by atoms with Crippen molar-refractivity contribution in [2.75, 3.05) is 26.8 Å². The van der Waals surface area contributed by atoms with Crippen LogP contribution in [0.2, 0.25) is 0 Å². The van der Waals surface area contributed by atoms with Crippen LogP contribution in [0.4, 0.5) is 0 Å². The summed E-state index contributed by atoms with van der Waals surface area (Å²) in [5, 5.41) is 8.70. The Balaban J connectivity index is 4.70. The van der Waals surface area contributed by atoms with Crippen LogP contribution in [0.15, 0.2) is 0 Å². The molecule has 7 nitrogen and oxygen atoms in total. The number of nitrogens with zero attached hydrogens (tertiary/aromatic N) is 1. The molecule has 2 N–H and O–H groups in total. The van der Waals surface area contributed by atoms with Crippen molar-refractivity contribution in [3.8, 4) is 0 Å². The lowest BCUT2D eigenvalue weighted by atomic mass is 10.2. The van der Waals surface area contributed by atoms with E-state index in [1.165, 1.54) is 7.11 Å². The van der Waals surface area contributed by atoms with Crippen molar-refractivity contribution in [3.63, 3.8) is 0 Å². The van der Waals surface area contributed by atoms with Crippen LogP contribution in [0.25, 0.3) is 0 Å². The molecule has 0 aromatic carbocycles. The monoisotopic (exact) mass is 268 g/mol. The molecule has 0 radical (unpaired) electrons. The van der Waals surface area contributed by atoms with E-state index in [1.54, 1.807) is 13.8 Å². The first kappa shape index (κ1) is 16.3. The zero-order valence-electron chi connectivity index (χ0n) is 10.3. The molecule has 0 bridgehead atoms. The van der Waals surface area contributed by atoms with Crippen LogP contribution in [0.5, 0.6) is 0 Å². The van der Waals surface area contributed by atoms with Crippen LogP contribution >= 0.6 is 0 Å². The maximum atomic E-state index is 11.8. The van der Waals surface area contributed by atoms with Crippen LogP contribution in [0.1, 0.15) is 20.3 Å². The predicted molar refractivity (Wildman–Crippen MR) is 62.9 cm³/mol. The van der Waals surface area contributed by atoms with Gasteiger partial charge in [0.1, 0.15) is 6.54 Å². The average Bonchev–Trinajstić information content (AvgIpc) is 2.24. The highest BCUT2D eigenvalue weighted by Gasteiger charge is 2.27. The Morgan fingerprint density at radius 2 is 2.12 bits per heavy atom. The molecular formula is C9H20N2O5S. The van der Waals surface area contributed by atoms with Crippen LogP contribution in [0, 0.1) is 0 Å². The first-order valence-corrected chi connectivity index (χ1v) is 6.76. The SMILES string of the molecule is CCC(C)N(CC(=O)O)S(=O)(=O)NCCOC. The molecule has 0 aliphatic rings. The van der Waals surface area contributed by atoms with Gasteiger partial charge in [0.15, 0.2) is 0 Å². The lowest BCUT2D eigenvalue weighted by Gasteiger charge is -2.26. The van der Waals surface area contributed by atoms with Gasteiger partial charge in [-0.25, -0.2) is 0 Å². The van der Waals surface area contributed by atoms with Gasteiger partial charge in [-0.05, 0) is 13.3 Å². The second-order valence-electron chi connectivity index (χ2n) is 3.59. The number of carbonyl (C=O) groups is 1. The Morgan fingerprint density at radius 3 is 2.53 bits per heavy atom. The molecule has 102 valence electrons. The molecule has 0 aromatic heterocycles. The standard InChI is InChI=1S/C9H20N2O5S/c1-4-8(2)11(7-9(12)13)17(14,15)10-5-6-16-3/h8,10H,4-7H2,1-3H3,(H,12,13). The number of hydrogen-bond acceptors (Lipinski definition) is 4. The van der Waals surface area contributed by atoms with Crippen molar-refractivity contribution in [1.29, 1.82) is 0 Å². The van der Waals surface area contributed by atoms with Gasteiger partial charge in [0.2, 0.25) is 0 Å². The van der Waals surface area contributed by atoms with Gasteiger partial charge >= 0.3 is 5.97 Å². The Morgan fingerprint density at radius 1 is 1.53 bits per heavy atom.